The number of rotatable bonds is 5. The number of nitrogens with one attached hydrogen (secondary N) is 1. The van der Waals surface area contributed by atoms with Gasteiger partial charge in [-0.2, -0.15) is 0 Å². The van der Waals surface area contributed by atoms with E-state index in [9.17, 15) is 4.79 Å². The fraction of sp³-hybridized carbons (Fsp3) is 0.318. The van der Waals surface area contributed by atoms with E-state index < -0.39 is 0 Å². The molecule has 1 aliphatic rings. The minimum atomic E-state index is 0.101. The average Bonchev–Trinajstić information content (AvgIpc) is 2.97. The van der Waals surface area contributed by atoms with Gasteiger partial charge in [0.05, 0.1) is 6.42 Å². The number of para-hydroxylation sites is 1. The highest BCUT2D eigenvalue weighted by Crippen LogP contribution is 2.30. The molecule has 3 heteroatoms. The molecule has 0 aliphatic carbocycles. The normalized spacial score (nSPS) is 13.6. The third-order valence-electron chi connectivity index (χ3n) is 5.14. The quantitative estimate of drug-likeness (QED) is 0.756. The second kappa shape index (κ2) is 7.14. The lowest BCUT2D eigenvalue weighted by molar-refractivity contribution is -0.120. The van der Waals surface area contributed by atoms with Crippen LogP contribution < -0.4 is 5.32 Å². The minimum absolute atomic E-state index is 0.101. The molecule has 0 spiro atoms. The van der Waals surface area contributed by atoms with Crippen LogP contribution >= 0.6 is 0 Å². The summed E-state index contributed by atoms with van der Waals surface area (Å²) in [6.07, 6.45) is 5.05. The molecule has 0 bridgehead atoms. The minimum Gasteiger partial charge on any atom is -0.355 e. The van der Waals surface area contributed by atoms with Crippen molar-refractivity contribution in [3.8, 4) is 0 Å². The number of aromatic nitrogens is 1. The molecule has 1 aromatic heterocycles. The summed E-state index contributed by atoms with van der Waals surface area (Å²) in [5.74, 6) is 0.101. The standard InChI is InChI=1S/C22H24N2O/c25-22(16-17-8-2-1-3-9-17)23-14-13-19-18-10-4-5-11-20(18)24-15-7-6-12-21(19)24/h1-5,8-11H,6-7,12-16H2,(H,23,25). The zero-order valence-electron chi connectivity index (χ0n) is 14.5. The topological polar surface area (TPSA) is 34.0 Å². The first-order valence-corrected chi connectivity index (χ1v) is 9.22. The van der Waals surface area contributed by atoms with Gasteiger partial charge in [-0.3, -0.25) is 4.79 Å². The molecule has 3 aromatic rings. The number of nitrogens with zero attached hydrogens (tertiary/aromatic N) is 1. The zero-order chi connectivity index (χ0) is 17.1. The summed E-state index contributed by atoms with van der Waals surface area (Å²) in [7, 11) is 0. The number of hydrogen-bond acceptors (Lipinski definition) is 1. The SMILES string of the molecule is O=C(Cc1ccccc1)NCCc1c2n(c3ccccc13)CCCC2. The molecule has 1 amide bonds. The first-order valence-electron chi connectivity index (χ1n) is 9.22. The van der Waals surface area contributed by atoms with Crippen LogP contribution in [0.3, 0.4) is 0 Å². The highest BCUT2D eigenvalue weighted by atomic mass is 16.1. The van der Waals surface area contributed by atoms with Crippen LogP contribution in [-0.4, -0.2) is 17.0 Å². The van der Waals surface area contributed by atoms with E-state index in [-0.39, 0.29) is 5.91 Å². The van der Waals surface area contributed by atoms with Crippen LogP contribution in [0.1, 0.15) is 29.7 Å². The van der Waals surface area contributed by atoms with E-state index in [1.165, 1.54) is 35.0 Å². The lowest BCUT2D eigenvalue weighted by atomic mass is 10.0. The number of benzene rings is 2. The van der Waals surface area contributed by atoms with Gasteiger partial charge in [-0.05, 0) is 42.9 Å². The molecule has 128 valence electrons. The van der Waals surface area contributed by atoms with Crippen molar-refractivity contribution in [3.63, 3.8) is 0 Å². The van der Waals surface area contributed by atoms with Gasteiger partial charge in [0.25, 0.3) is 0 Å². The van der Waals surface area contributed by atoms with E-state index in [0.29, 0.717) is 13.0 Å². The molecule has 25 heavy (non-hydrogen) atoms. The molecule has 0 saturated heterocycles. The Morgan fingerprint density at radius 1 is 1.00 bits per heavy atom. The van der Waals surface area contributed by atoms with Crippen LogP contribution in [0.5, 0.6) is 0 Å². The maximum absolute atomic E-state index is 12.2. The fourth-order valence-electron chi connectivity index (χ4n) is 3.98. The third-order valence-corrected chi connectivity index (χ3v) is 5.14. The molecule has 1 N–H and O–H groups in total. The molecule has 2 heterocycles. The van der Waals surface area contributed by atoms with Crippen LogP contribution in [0.15, 0.2) is 54.6 Å². The van der Waals surface area contributed by atoms with Crippen molar-refractivity contribution < 1.29 is 4.79 Å². The predicted molar refractivity (Wildman–Crippen MR) is 102 cm³/mol. The van der Waals surface area contributed by atoms with Gasteiger partial charge in [-0.15, -0.1) is 0 Å². The molecule has 3 nitrogen and oxygen atoms in total. The van der Waals surface area contributed by atoms with Crippen molar-refractivity contribution in [3.05, 3.63) is 71.4 Å². The molecule has 0 radical (unpaired) electrons. The van der Waals surface area contributed by atoms with Crippen LogP contribution in [0.25, 0.3) is 10.9 Å². The van der Waals surface area contributed by atoms with Crippen molar-refractivity contribution in [2.45, 2.75) is 38.6 Å². The van der Waals surface area contributed by atoms with Gasteiger partial charge < -0.3 is 9.88 Å². The maximum Gasteiger partial charge on any atom is 0.224 e. The number of carbonyl (C=O) groups is 1. The lowest BCUT2D eigenvalue weighted by Gasteiger charge is -2.17. The first kappa shape index (κ1) is 15.9. The van der Waals surface area contributed by atoms with E-state index in [1.54, 1.807) is 0 Å². The molecule has 0 saturated carbocycles. The zero-order valence-corrected chi connectivity index (χ0v) is 14.5. The highest BCUT2D eigenvalue weighted by Gasteiger charge is 2.19. The van der Waals surface area contributed by atoms with Gasteiger partial charge in [0, 0.05) is 29.7 Å². The Kier molecular flexibility index (Phi) is 4.55. The van der Waals surface area contributed by atoms with E-state index in [0.717, 1.165) is 24.9 Å². The summed E-state index contributed by atoms with van der Waals surface area (Å²) < 4.78 is 2.49. The second-order valence-electron chi connectivity index (χ2n) is 6.81. The van der Waals surface area contributed by atoms with E-state index >= 15 is 0 Å². The van der Waals surface area contributed by atoms with Crippen LogP contribution in [-0.2, 0) is 30.6 Å². The van der Waals surface area contributed by atoms with Gasteiger partial charge in [-0.25, -0.2) is 0 Å². The van der Waals surface area contributed by atoms with Gasteiger partial charge in [0.2, 0.25) is 5.91 Å². The van der Waals surface area contributed by atoms with Gasteiger partial charge in [0.15, 0.2) is 0 Å². The second-order valence-corrected chi connectivity index (χ2v) is 6.81. The Hall–Kier alpha value is -2.55. The Labute approximate surface area is 148 Å². The maximum atomic E-state index is 12.2. The summed E-state index contributed by atoms with van der Waals surface area (Å²) in [5, 5.41) is 4.45. The Bertz CT molecular complexity index is 880. The largest absolute Gasteiger partial charge is 0.355 e. The fourth-order valence-corrected chi connectivity index (χ4v) is 3.98. The molecular weight excluding hydrogens is 308 g/mol. The van der Waals surface area contributed by atoms with Gasteiger partial charge in [0.1, 0.15) is 0 Å². The van der Waals surface area contributed by atoms with E-state index in [4.69, 9.17) is 0 Å². The summed E-state index contributed by atoms with van der Waals surface area (Å²) >= 11 is 0. The number of carbonyl (C=O) groups excluding carboxylic acids is 1. The molecule has 0 fully saturated rings. The van der Waals surface area contributed by atoms with Crippen LogP contribution in [0.4, 0.5) is 0 Å². The van der Waals surface area contributed by atoms with Gasteiger partial charge in [-0.1, -0.05) is 48.5 Å². The summed E-state index contributed by atoms with van der Waals surface area (Å²) in [6.45, 7) is 1.82. The van der Waals surface area contributed by atoms with Gasteiger partial charge >= 0.3 is 0 Å². The average molecular weight is 332 g/mol. The predicted octanol–water partition coefficient (Wildman–Crippen LogP) is 3.88. The van der Waals surface area contributed by atoms with E-state index in [1.807, 2.05) is 30.3 Å². The molecule has 2 aromatic carbocycles. The molecule has 1 aliphatic heterocycles. The van der Waals surface area contributed by atoms with Crippen LogP contribution in [0.2, 0.25) is 0 Å². The number of aryl methyl sites for hydroxylation is 1. The van der Waals surface area contributed by atoms with E-state index in [2.05, 4.69) is 34.1 Å². The number of fused-ring (bicyclic) bond motifs is 3. The highest BCUT2D eigenvalue weighted by molar-refractivity contribution is 5.86. The van der Waals surface area contributed by atoms with Crippen molar-refractivity contribution in [1.29, 1.82) is 0 Å². The monoisotopic (exact) mass is 332 g/mol. The smallest absolute Gasteiger partial charge is 0.224 e. The summed E-state index contributed by atoms with van der Waals surface area (Å²) in [5.41, 5.74) is 5.31. The molecule has 0 unspecified atom stereocenters. The third kappa shape index (κ3) is 3.32. The number of hydrogen-bond donors (Lipinski definition) is 1. The summed E-state index contributed by atoms with van der Waals surface area (Å²) in [6, 6.07) is 18.6. The van der Waals surface area contributed by atoms with Crippen molar-refractivity contribution >= 4 is 16.8 Å². The Morgan fingerprint density at radius 2 is 1.80 bits per heavy atom. The van der Waals surface area contributed by atoms with Crippen molar-refractivity contribution in [2.75, 3.05) is 6.54 Å². The van der Waals surface area contributed by atoms with Crippen LogP contribution in [0, 0.1) is 0 Å². The Morgan fingerprint density at radius 3 is 2.68 bits per heavy atom. The molecule has 0 atom stereocenters. The van der Waals surface area contributed by atoms with Crippen molar-refractivity contribution in [1.82, 2.24) is 9.88 Å². The summed E-state index contributed by atoms with van der Waals surface area (Å²) in [4.78, 5) is 12.2. The number of amides is 1. The Balaban J connectivity index is 1.45. The molecular formula is C22H24N2O. The van der Waals surface area contributed by atoms with Crippen molar-refractivity contribution in [2.24, 2.45) is 0 Å². The lowest BCUT2D eigenvalue weighted by Crippen LogP contribution is -2.27. The first-order chi connectivity index (χ1) is 12.3. The molecule has 4 rings (SSSR count).